The SMILES string of the molecule is CC(=O)O[C@](C)(CCC[C@@H](C)[C@H]1CCC2C(=O)CCC[C@]21C)C(=O)O. The Morgan fingerprint density at radius 2 is 2.08 bits per heavy atom. The molecule has 0 radical (unpaired) electrons. The number of rotatable bonds is 7. The third kappa shape index (κ3) is 4.06. The van der Waals surface area contributed by atoms with Crippen molar-refractivity contribution >= 4 is 17.7 Å². The Hall–Kier alpha value is -1.39. The van der Waals surface area contributed by atoms with Crippen LogP contribution >= 0.6 is 0 Å². The lowest BCUT2D eigenvalue weighted by Crippen LogP contribution is -2.40. The van der Waals surface area contributed by atoms with Gasteiger partial charge in [-0.05, 0) is 62.7 Å². The molecule has 5 nitrogen and oxygen atoms in total. The molecule has 0 amide bonds. The molecule has 0 bridgehead atoms. The van der Waals surface area contributed by atoms with Gasteiger partial charge in [-0.2, -0.15) is 0 Å². The summed E-state index contributed by atoms with van der Waals surface area (Å²) in [6, 6.07) is 0. The van der Waals surface area contributed by atoms with E-state index in [1.807, 2.05) is 0 Å². The van der Waals surface area contributed by atoms with Crippen LogP contribution in [0.4, 0.5) is 0 Å². The minimum atomic E-state index is -1.45. The van der Waals surface area contributed by atoms with Crippen molar-refractivity contribution in [1.82, 2.24) is 0 Å². The summed E-state index contributed by atoms with van der Waals surface area (Å²) in [4.78, 5) is 34.9. The van der Waals surface area contributed by atoms with Crippen LogP contribution in [0.3, 0.4) is 0 Å². The number of hydrogen-bond donors (Lipinski definition) is 1. The second kappa shape index (κ2) is 7.46. The summed E-state index contributed by atoms with van der Waals surface area (Å²) in [6.45, 7) is 7.21. The lowest BCUT2D eigenvalue weighted by molar-refractivity contribution is -0.176. The molecule has 5 heteroatoms. The third-order valence-electron chi connectivity index (χ3n) is 6.76. The summed E-state index contributed by atoms with van der Waals surface area (Å²) >= 11 is 0. The van der Waals surface area contributed by atoms with E-state index in [4.69, 9.17) is 4.74 Å². The highest BCUT2D eigenvalue weighted by atomic mass is 16.6. The molecule has 0 aromatic heterocycles. The van der Waals surface area contributed by atoms with Crippen LogP contribution < -0.4 is 0 Å². The molecule has 2 aliphatic carbocycles. The van der Waals surface area contributed by atoms with Gasteiger partial charge in [-0.25, -0.2) is 4.79 Å². The number of carbonyl (C=O) groups excluding carboxylic acids is 2. The summed E-state index contributed by atoms with van der Waals surface area (Å²) in [5.41, 5.74) is -1.34. The van der Waals surface area contributed by atoms with Crippen LogP contribution in [-0.2, 0) is 19.1 Å². The van der Waals surface area contributed by atoms with E-state index < -0.39 is 17.5 Å². The molecule has 1 unspecified atom stereocenters. The number of hydrogen-bond acceptors (Lipinski definition) is 4. The zero-order valence-electron chi connectivity index (χ0n) is 16.0. The van der Waals surface area contributed by atoms with Crippen LogP contribution in [0.1, 0.15) is 79.1 Å². The van der Waals surface area contributed by atoms with Crippen molar-refractivity contribution in [3.05, 3.63) is 0 Å². The standard InChI is InChI=1S/C20H32O5/c1-13(7-5-12-20(4,18(23)24)25-14(2)21)15-9-10-16-17(22)8-6-11-19(15,16)3/h13,15-16H,5-12H2,1-4H3,(H,23,24)/t13-,15-,16?,19+,20-/m1/s1. The van der Waals surface area contributed by atoms with E-state index in [0.29, 0.717) is 30.5 Å². The van der Waals surface area contributed by atoms with Crippen LogP contribution in [0.2, 0.25) is 0 Å². The van der Waals surface area contributed by atoms with Gasteiger partial charge in [0.1, 0.15) is 5.78 Å². The number of carboxylic acids is 1. The van der Waals surface area contributed by atoms with E-state index in [1.54, 1.807) is 0 Å². The molecule has 2 fully saturated rings. The summed E-state index contributed by atoms with van der Waals surface area (Å²) in [5.74, 6) is -0.0374. The summed E-state index contributed by atoms with van der Waals surface area (Å²) in [5, 5.41) is 9.37. The lowest BCUT2D eigenvalue weighted by atomic mass is 9.62. The number of carboxylic acid groups (broad SMARTS) is 1. The molecule has 0 spiro atoms. The molecule has 1 N–H and O–H groups in total. The molecular weight excluding hydrogens is 320 g/mol. The molecule has 25 heavy (non-hydrogen) atoms. The normalized spacial score (nSPS) is 32.6. The number of carbonyl (C=O) groups is 3. The molecular formula is C20H32O5. The van der Waals surface area contributed by atoms with Gasteiger partial charge in [-0.1, -0.05) is 20.3 Å². The maximum atomic E-state index is 12.3. The highest BCUT2D eigenvalue weighted by molar-refractivity contribution is 5.83. The first-order chi connectivity index (χ1) is 11.6. The minimum Gasteiger partial charge on any atom is -0.478 e. The predicted molar refractivity (Wildman–Crippen MR) is 94.0 cm³/mol. The van der Waals surface area contributed by atoms with E-state index >= 15 is 0 Å². The van der Waals surface area contributed by atoms with Gasteiger partial charge in [0.05, 0.1) is 0 Å². The van der Waals surface area contributed by atoms with Gasteiger partial charge in [0.15, 0.2) is 0 Å². The number of aliphatic carboxylic acids is 1. The first-order valence-electron chi connectivity index (χ1n) is 9.56. The quantitative estimate of drug-likeness (QED) is 0.701. The summed E-state index contributed by atoms with van der Waals surface area (Å²) < 4.78 is 5.04. The average molecular weight is 352 g/mol. The number of ketones is 1. The lowest BCUT2D eigenvalue weighted by Gasteiger charge is -2.42. The number of esters is 1. The topological polar surface area (TPSA) is 80.7 Å². The largest absolute Gasteiger partial charge is 0.478 e. The highest BCUT2D eigenvalue weighted by Gasteiger charge is 2.52. The first-order valence-corrected chi connectivity index (χ1v) is 9.56. The van der Waals surface area contributed by atoms with E-state index in [1.165, 1.54) is 13.8 Å². The molecule has 0 aromatic rings. The van der Waals surface area contributed by atoms with Crippen molar-refractivity contribution in [2.24, 2.45) is 23.2 Å². The molecule has 2 aliphatic rings. The van der Waals surface area contributed by atoms with Crippen LogP contribution in [0.5, 0.6) is 0 Å². The Morgan fingerprint density at radius 3 is 2.68 bits per heavy atom. The van der Waals surface area contributed by atoms with Gasteiger partial charge in [0, 0.05) is 19.3 Å². The summed E-state index contributed by atoms with van der Waals surface area (Å²) in [6.07, 6.45) is 6.86. The number of fused-ring (bicyclic) bond motifs is 1. The van der Waals surface area contributed by atoms with E-state index in [9.17, 15) is 19.5 Å². The Bertz CT molecular complexity index is 542. The maximum Gasteiger partial charge on any atom is 0.347 e. The predicted octanol–water partition coefficient (Wildman–Crippen LogP) is 3.98. The fraction of sp³-hybridized carbons (Fsp3) is 0.850. The molecule has 2 rings (SSSR count). The second-order valence-electron chi connectivity index (χ2n) is 8.56. The minimum absolute atomic E-state index is 0.112. The molecule has 142 valence electrons. The first kappa shape index (κ1) is 19.9. The Kier molecular flexibility index (Phi) is 5.95. The monoisotopic (exact) mass is 352 g/mol. The number of ether oxygens (including phenoxy) is 1. The molecule has 0 saturated heterocycles. The molecule has 2 saturated carbocycles. The van der Waals surface area contributed by atoms with Gasteiger partial charge in [0.2, 0.25) is 5.60 Å². The van der Waals surface area contributed by atoms with Gasteiger partial charge < -0.3 is 9.84 Å². The third-order valence-corrected chi connectivity index (χ3v) is 6.76. The number of Topliss-reactive ketones (excluding diaryl/α,β-unsaturated/α-hetero) is 1. The van der Waals surface area contributed by atoms with Crippen molar-refractivity contribution in [2.45, 2.75) is 84.7 Å². The van der Waals surface area contributed by atoms with Crippen molar-refractivity contribution in [2.75, 3.05) is 0 Å². The van der Waals surface area contributed by atoms with Crippen molar-refractivity contribution < 1.29 is 24.2 Å². The molecule has 0 aliphatic heterocycles. The van der Waals surface area contributed by atoms with Crippen LogP contribution in [0, 0.1) is 23.2 Å². The van der Waals surface area contributed by atoms with Crippen LogP contribution in [0.15, 0.2) is 0 Å². The Morgan fingerprint density at radius 1 is 1.40 bits per heavy atom. The molecule has 5 atom stereocenters. The van der Waals surface area contributed by atoms with E-state index in [-0.39, 0.29) is 11.3 Å². The van der Waals surface area contributed by atoms with Crippen LogP contribution in [0.25, 0.3) is 0 Å². The summed E-state index contributed by atoms with van der Waals surface area (Å²) in [7, 11) is 0. The zero-order valence-corrected chi connectivity index (χ0v) is 16.0. The van der Waals surface area contributed by atoms with E-state index in [2.05, 4.69) is 13.8 Å². The average Bonchev–Trinajstić information content (AvgIpc) is 2.84. The van der Waals surface area contributed by atoms with Crippen molar-refractivity contribution in [3.63, 3.8) is 0 Å². The second-order valence-corrected chi connectivity index (χ2v) is 8.56. The van der Waals surface area contributed by atoms with Crippen LogP contribution in [-0.4, -0.2) is 28.4 Å². The van der Waals surface area contributed by atoms with E-state index in [0.717, 1.165) is 38.5 Å². The highest BCUT2D eigenvalue weighted by Crippen LogP contribution is 2.57. The van der Waals surface area contributed by atoms with Crippen molar-refractivity contribution in [3.8, 4) is 0 Å². The molecule has 0 heterocycles. The van der Waals surface area contributed by atoms with Crippen molar-refractivity contribution in [1.29, 1.82) is 0 Å². The van der Waals surface area contributed by atoms with Gasteiger partial charge >= 0.3 is 11.9 Å². The fourth-order valence-corrected chi connectivity index (χ4v) is 5.39. The van der Waals surface area contributed by atoms with Gasteiger partial charge in [-0.3, -0.25) is 9.59 Å². The Balaban J connectivity index is 1.94. The van der Waals surface area contributed by atoms with Gasteiger partial charge in [0.25, 0.3) is 0 Å². The Labute approximate surface area is 150 Å². The van der Waals surface area contributed by atoms with Gasteiger partial charge in [-0.15, -0.1) is 0 Å². The maximum absolute atomic E-state index is 12.3. The molecule has 0 aromatic carbocycles. The fourth-order valence-electron chi connectivity index (χ4n) is 5.39. The zero-order chi connectivity index (χ0) is 18.8. The smallest absolute Gasteiger partial charge is 0.347 e.